The van der Waals surface area contributed by atoms with Crippen LogP contribution in [0.4, 0.5) is 48.3 Å². The highest BCUT2D eigenvalue weighted by molar-refractivity contribution is 5.85. The number of pyridine rings is 1. The minimum Gasteiger partial charge on any atom is -0.466 e. The van der Waals surface area contributed by atoms with Gasteiger partial charge in [-0.15, -0.1) is 0 Å². The van der Waals surface area contributed by atoms with E-state index < -0.39 is 112 Å². The van der Waals surface area contributed by atoms with Gasteiger partial charge in [-0.2, -0.15) is 39.5 Å². The summed E-state index contributed by atoms with van der Waals surface area (Å²) in [4.78, 5) is 42.5. The molecule has 2 aliphatic rings. The van der Waals surface area contributed by atoms with E-state index in [1.165, 1.54) is 36.9 Å². The molecule has 6 rings (SSSR count). The number of benzene rings is 3. The number of aryl methyl sites for hydroxylation is 1. The van der Waals surface area contributed by atoms with Crippen LogP contribution in [0.15, 0.2) is 65.6 Å². The number of halogens is 11. The zero-order valence-corrected chi connectivity index (χ0v) is 30.3. The van der Waals surface area contributed by atoms with Crippen LogP contribution in [0.2, 0.25) is 0 Å². The largest absolute Gasteiger partial charge is 0.466 e. The van der Waals surface area contributed by atoms with Gasteiger partial charge in [-0.3, -0.25) is 23.9 Å². The fraction of sp³-hybridized carbons (Fsp3) is 0.359. The smallest absolute Gasteiger partial charge is 0.419 e. The molecule has 4 aromatic rings. The molecule has 2 aliphatic heterocycles. The van der Waals surface area contributed by atoms with Gasteiger partial charge in [0.25, 0.3) is 5.56 Å². The van der Waals surface area contributed by atoms with Gasteiger partial charge in [-0.25, -0.2) is 8.78 Å². The van der Waals surface area contributed by atoms with Crippen molar-refractivity contribution < 1.29 is 67.4 Å². The Morgan fingerprint density at radius 1 is 0.914 bits per heavy atom. The normalized spacial score (nSPS) is 17.8. The van der Waals surface area contributed by atoms with Crippen LogP contribution in [0, 0.1) is 12.7 Å². The van der Waals surface area contributed by atoms with Crippen LogP contribution in [0.25, 0.3) is 11.1 Å². The lowest BCUT2D eigenvalue weighted by Gasteiger charge is -2.34. The molecule has 0 saturated carbocycles. The molecule has 0 spiro atoms. The van der Waals surface area contributed by atoms with Gasteiger partial charge in [-0.1, -0.05) is 12.1 Å². The van der Waals surface area contributed by atoms with Crippen LogP contribution in [0.1, 0.15) is 64.4 Å². The molecular weight excluding hydrogens is 799 g/mol. The van der Waals surface area contributed by atoms with E-state index in [1.54, 1.807) is 0 Å². The lowest BCUT2D eigenvalue weighted by Crippen LogP contribution is -2.49. The highest BCUT2D eigenvalue weighted by Crippen LogP contribution is 2.44. The number of aromatic nitrogens is 1. The van der Waals surface area contributed by atoms with Gasteiger partial charge < -0.3 is 14.8 Å². The molecule has 1 aromatic heterocycles. The molecule has 0 aliphatic carbocycles. The zero-order chi connectivity index (χ0) is 42.5. The summed E-state index contributed by atoms with van der Waals surface area (Å²) < 4.78 is 171. The van der Waals surface area contributed by atoms with Crippen molar-refractivity contribution in [2.45, 2.75) is 63.5 Å². The maximum absolute atomic E-state index is 16.2. The van der Waals surface area contributed by atoms with E-state index in [1.807, 2.05) is 0 Å². The van der Waals surface area contributed by atoms with Crippen LogP contribution in [-0.2, 0) is 39.3 Å². The van der Waals surface area contributed by atoms with Crippen molar-refractivity contribution in [3.8, 4) is 22.6 Å². The van der Waals surface area contributed by atoms with Gasteiger partial charge in [0, 0.05) is 43.0 Å². The van der Waals surface area contributed by atoms with E-state index in [2.05, 4.69) is 5.32 Å². The predicted molar refractivity (Wildman–Crippen MR) is 184 cm³/mol. The van der Waals surface area contributed by atoms with Gasteiger partial charge in [0.05, 0.1) is 35.8 Å². The average molecular weight is 832 g/mol. The third-order valence-corrected chi connectivity index (χ3v) is 9.70. The van der Waals surface area contributed by atoms with Crippen molar-refractivity contribution >= 4 is 11.9 Å². The quantitative estimate of drug-likeness (QED) is 0.148. The highest BCUT2D eigenvalue weighted by Gasteiger charge is 2.41. The van der Waals surface area contributed by atoms with E-state index in [9.17, 15) is 58.3 Å². The van der Waals surface area contributed by atoms with Crippen LogP contribution in [-0.4, -0.2) is 53.8 Å². The molecule has 310 valence electrons. The molecule has 1 unspecified atom stereocenters. The van der Waals surface area contributed by atoms with E-state index in [0.717, 1.165) is 12.1 Å². The molecule has 1 fully saturated rings. The molecule has 1 saturated heterocycles. The Kier molecular flexibility index (Phi) is 11.4. The number of ether oxygens (including phenoxy) is 2. The summed E-state index contributed by atoms with van der Waals surface area (Å²) in [5.74, 6) is -5.63. The topological polar surface area (TPSA) is 89.9 Å². The first-order valence-corrected chi connectivity index (χ1v) is 17.6. The van der Waals surface area contributed by atoms with Gasteiger partial charge in [0.1, 0.15) is 29.5 Å². The van der Waals surface area contributed by atoms with Crippen molar-refractivity contribution in [3.63, 3.8) is 0 Å². The summed E-state index contributed by atoms with van der Waals surface area (Å²) in [6, 6.07) is 2.79. The zero-order valence-electron chi connectivity index (χ0n) is 30.3. The first-order valence-electron chi connectivity index (χ1n) is 17.6. The number of hydrogen-bond acceptors (Lipinski definition) is 6. The average Bonchev–Trinajstić information content (AvgIpc) is 3.09. The Labute approximate surface area is 322 Å². The van der Waals surface area contributed by atoms with Gasteiger partial charge >= 0.3 is 24.5 Å². The summed E-state index contributed by atoms with van der Waals surface area (Å²) >= 11 is 0. The minimum atomic E-state index is -5.38. The summed E-state index contributed by atoms with van der Waals surface area (Å²) in [5, 5.41) is 2.19. The maximum atomic E-state index is 16.2. The molecule has 1 amide bonds. The summed E-state index contributed by atoms with van der Waals surface area (Å²) in [6.07, 6.45) is -17.9. The number of amides is 1. The molecule has 3 heterocycles. The third kappa shape index (κ3) is 8.83. The lowest BCUT2D eigenvalue weighted by molar-refractivity contribution is -0.144. The van der Waals surface area contributed by atoms with Crippen LogP contribution in [0.5, 0.6) is 11.5 Å². The van der Waals surface area contributed by atoms with E-state index in [4.69, 9.17) is 9.47 Å². The number of carbonyl (C=O) groups is 2. The van der Waals surface area contributed by atoms with Crippen LogP contribution < -0.4 is 15.6 Å². The lowest BCUT2D eigenvalue weighted by atomic mass is 9.91. The van der Waals surface area contributed by atoms with Gasteiger partial charge in [0.15, 0.2) is 0 Å². The third-order valence-electron chi connectivity index (χ3n) is 9.70. The monoisotopic (exact) mass is 831 g/mol. The van der Waals surface area contributed by atoms with E-state index >= 15 is 4.39 Å². The number of likely N-dealkylation sites (tertiary alicyclic amines) is 1. The molecule has 19 heteroatoms. The number of carbonyl (C=O) groups excluding carboxylic acids is 2. The van der Waals surface area contributed by atoms with Crippen molar-refractivity contribution in [2.24, 2.45) is 0 Å². The Bertz CT molecular complexity index is 2300. The summed E-state index contributed by atoms with van der Waals surface area (Å²) in [6.45, 7) is 2.17. The molecule has 3 aromatic carbocycles. The fourth-order valence-corrected chi connectivity index (χ4v) is 7.02. The SMILES string of the molecule is CCOC(=O)C[C@@H]1NC(=O)C(n2cc(CCN3CC(F)C3)c(C(F)(F)F)cc2=O)c2cc(cc(C(F)(F)F)c2)Oc2cccc(C)c2-c2cc1c(F)c(C(F)(F)F)c2. The van der Waals surface area contributed by atoms with E-state index in [0.29, 0.717) is 29.0 Å². The summed E-state index contributed by atoms with van der Waals surface area (Å²) in [7, 11) is 0. The second-order valence-electron chi connectivity index (χ2n) is 13.8. The maximum Gasteiger partial charge on any atom is 0.419 e. The fourth-order valence-electron chi connectivity index (χ4n) is 7.02. The Morgan fingerprint density at radius 3 is 2.22 bits per heavy atom. The molecule has 1 N–H and O–H groups in total. The molecule has 58 heavy (non-hydrogen) atoms. The second kappa shape index (κ2) is 15.7. The number of alkyl halides is 10. The van der Waals surface area contributed by atoms with Crippen LogP contribution >= 0.6 is 0 Å². The van der Waals surface area contributed by atoms with E-state index in [-0.39, 0.29) is 54.7 Å². The number of hydrogen-bond donors (Lipinski definition) is 1. The highest BCUT2D eigenvalue weighted by atomic mass is 19.4. The minimum absolute atomic E-state index is 0.0998. The molecule has 4 bridgehead atoms. The van der Waals surface area contributed by atoms with Crippen molar-refractivity contribution in [1.29, 1.82) is 0 Å². The number of nitrogens with one attached hydrogen (secondary N) is 1. The number of rotatable bonds is 7. The standard InChI is InChI=1S/C39H32F11N3O5/c1-3-57-32(55)15-29-26-11-21(12-28(34(26)41)39(48,49)50)33-19(2)5-4-6-30(33)58-25-10-22(9-23(13-25)37(42,43)44)35(36(56)51-29)53-16-20(7-8-52-17-24(40)18-52)27(14-31(53)54)38(45,46)47/h4-6,9-14,16,24,29,35H,3,7-8,15,17-18H2,1-2H3,(H,51,56)/t29-,35?/m0/s1. The molecular formula is C39H32F11N3O5. The Hall–Kier alpha value is -5.46. The van der Waals surface area contributed by atoms with Crippen molar-refractivity contribution in [2.75, 3.05) is 26.2 Å². The first kappa shape index (κ1) is 42.2. The molecule has 8 nitrogen and oxygen atoms in total. The number of fused-ring (bicyclic) bond motifs is 6. The first-order chi connectivity index (χ1) is 27.0. The van der Waals surface area contributed by atoms with Gasteiger partial charge in [-0.05, 0) is 78.9 Å². The summed E-state index contributed by atoms with van der Waals surface area (Å²) in [5.41, 5.74) is -8.88. The molecule has 2 atom stereocenters. The number of nitrogens with zero attached hydrogens (tertiary/aromatic N) is 2. The predicted octanol–water partition coefficient (Wildman–Crippen LogP) is 8.72. The Balaban J connectivity index is 1.66. The van der Waals surface area contributed by atoms with Crippen molar-refractivity contribution in [1.82, 2.24) is 14.8 Å². The molecule has 0 radical (unpaired) electrons. The van der Waals surface area contributed by atoms with Crippen LogP contribution in [0.3, 0.4) is 0 Å². The Morgan fingerprint density at radius 2 is 1.60 bits per heavy atom. The number of esters is 1. The second-order valence-corrected chi connectivity index (χ2v) is 13.8. The van der Waals surface area contributed by atoms with Gasteiger partial charge in [0.2, 0.25) is 5.91 Å². The van der Waals surface area contributed by atoms with Crippen molar-refractivity contribution in [3.05, 3.63) is 116 Å².